The van der Waals surface area contributed by atoms with E-state index in [9.17, 15) is 10.2 Å². The number of phenolic OH excluding ortho intramolecular Hbond substituents is 2. The standard InChI is InChI=1S/C36H28N2O2/c1-25-7-3-5-9-31(25)33-23-29(11-13-35(33)39)37-19-15-27(16-20-37)28-17-21-38(22-18-28)30-12-14-36(40)34(24-30)32-10-6-4-8-26(32)2/h3-24H,1-2H3/p+2. The fraction of sp³-hybridized carbons (Fsp3) is 0.0556. The monoisotopic (exact) mass is 522 g/mol. The van der Waals surface area contributed by atoms with Crippen molar-refractivity contribution in [2.24, 2.45) is 0 Å². The fourth-order valence-electron chi connectivity index (χ4n) is 5.13. The summed E-state index contributed by atoms with van der Waals surface area (Å²) in [6.07, 6.45) is 8.16. The van der Waals surface area contributed by atoms with E-state index in [2.05, 4.69) is 59.4 Å². The lowest BCUT2D eigenvalue weighted by atomic mass is 9.99. The van der Waals surface area contributed by atoms with Gasteiger partial charge >= 0.3 is 0 Å². The van der Waals surface area contributed by atoms with Crippen LogP contribution in [0.2, 0.25) is 0 Å². The van der Waals surface area contributed by atoms with Gasteiger partial charge in [0.1, 0.15) is 11.5 Å². The number of rotatable bonds is 5. The molecule has 40 heavy (non-hydrogen) atoms. The zero-order valence-electron chi connectivity index (χ0n) is 22.5. The number of aryl methyl sites for hydroxylation is 2. The third-order valence-electron chi connectivity index (χ3n) is 7.42. The molecule has 0 aliphatic carbocycles. The molecule has 194 valence electrons. The maximum absolute atomic E-state index is 10.5. The van der Waals surface area contributed by atoms with Gasteiger partial charge in [-0.1, -0.05) is 48.5 Å². The Labute approximate surface area is 234 Å². The van der Waals surface area contributed by atoms with Crippen molar-refractivity contribution < 1.29 is 19.3 Å². The fourth-order valence-corrected chi connectivity index (χ4v) is 5.13. The Morgan fingerprint density at radius 3 is 1.18 bits per heavy atom. The van der Waals surface area contributed by atoms with Gasteiger partial charge in [0.15, 0.2) is 24.8 Å². The summed E-state index contributed by atoms with van der Waals surface area (Å²) in [6, 6.07) is 35.9. The van der Waals surface area contributed by atoms with E-state index in [1.807, 2.05) is 85.5 Å². The number of pyridine rings is 2. The highest BCUT2D eigenvalue weighted by molar-refractivity contribution is 5.75. The third-order valence-corrected chi connectivity index (χ3v) is 7.42. The Hall–Kier alpha value is -5.22. The van der Waals surface area contributed by atoms with Gasteiger partial charge in [0, 0.05) is 59.7 Å². The molecule has 4 nitrogen and oxygen atoms in total. The van der Waals surface area contributed by atoms with Crippen molar-refractivity contribution in [3.05, 3.63) is 145 Å². The summed E-state index contributed by atoms with van der Waals surface area (Å²) < 4.78 is 4.11. The molecular formula is C36H30N2O2+2. The molecule has 0 aliphatic heterocycles. The number of hydrogen-bond donors (Lipinski definition) is 2. The number of benzene rings is 4. The van der Waals surface area contributed by atoms with Crippen molar-refractivity contribution in [3.63, 3.8) is 0 Å². The lowest BCUT2D eigenvalue weighted by molar-refractivity contribution is -0.596. The first-order valence-electron chi connectivity index (χ1n) is 13.3. The summed E-state index contributed by atoms with van der Waals surface area (Å²) in [4.78, 5) is 0. The summed E-state index contributed by atoms with van der Waals surface area (Å²) in [5.41, 5.74) is 10.1. The normalized spacial score (nSPS) is 10.9. The molecule has 0 spiro atoms. The van der Waals surface area contributed by atoms with Gasteiger partial charge < -0.3 is 10.2 Å². The Bertz CT molecular complexity index is 1690. The van der Waals surface area contributed by atoms with Crippen LogP contribution in [-0.2, 0) is 0 Å². The highest BCUT2D eigenvalue weighted by Crippen LogP contribution is 2.33. The molecule has 0 atom stereocenters. The minimum Gasteiger partial charge on any atom is -0.507 e. The quantitative estimate of drug-likeness (QED) is 0.234. The highest BCUT2D eigenvalue weighted by atomic mass is 16.3. The number of phenols is 2. The van der Waals surface area contributed by atoms with Crippen molar-refractivity contribution in [1.82, 2.24) is 0 Å². The molecule has 6 aromatic rings. The van der Waals surface area contributed by atoms with Gasteiger partial charge in [0.05, 0.1) is 0 Å². The molecule has 6 rings (SSSR count). The zero-order valence-corrected chi connectivity index (χ0v) is 22.5. The van der Waals surface area contributed by atoms with Crippen LogP contribution in [0.1, 0.15) is 11.1 Å². The molecule has 0 radical (unpaired) electrons. The average molecular weight is 523 g/mol. The Morgan fingerprint density at radius 2 is 0.800 bits per heavy atom. The topological polar surface area (TPSA) is 48.2 Å². The smallest absolute Gasteiger partial charge is 0.211 e. The SMILES string of the molecule is Cc1ccccc1-c1cc(-[n+]2ccc(-c3cc[n+](-c4ccc(O)c(-c5ccccc5C)c4)cc3)cc2)ccc1O. The number of hydrogen-bond acceptors (Lipinski definition) is 2. The minimum absolute atomic E-state index is 0.271. The molecular weight excluding hydrogens is 492 g/mol. The van der Waals surface area contributed by atoms with E-state index in [0.717, 1.165) is 55.9 Å². The molecule has 0 saturated heterocycles. The van der Waals surface area contributed by atoms with Crippen LogP contribution < -0.4 is 9.13 Å². The van der Waals surface area contributed by atoms with E-state index >= 15 is 0 Å². The summed E-state index contributed by atoms with van der Waals surface area (Å²) in [5, 5.41) is 21.1. The van der Waals surface area contributed by atoms with Crippen molar-refractivity contribution in [3.8, 4) is 56.3 Å². The summed E-state index contributed by atoms with van der Waals surface area (Å²) in [7, 11) is 0. The van der Waals surface area contributed by atoms with Gasteiger partial charge in [0.2, 0.25) is 11.4 Å². The van der Waals surface area contributed by atoms with Gasteiger partial charge in [-0.2, -0.15) is 9.13 Å². The molecule has 0 saturated carbocycles. The van der Waals surface area contributed by atoms with Crippen LogP contribution in [0.15, 0.2) is 134 Å². The van der Waals surface area contributed by atoms with Crippen LogP contribution >= 0.6 is 0 Å². The Kier molecular flexibility index (Phi) is 6.59. The van der Waals surface area contributed by atoms with Gasteiger partial charge in [-0.05, 0) is 59.4 Å². The highest BCUT2D eigenvalue weighted by Gasteiger charge is 2.15. The van der Waals surface area contributed by atoms with Gasteiger partial charge in [0.25, 0.3) is 0 Å². The maximum atomic E-state index is 10.5. The predicted octanol–water partition coefficient (Wildman–Crippen LogP) is 7.27. The molecule has 4 aromatic carbocycles. The van der Waals surface area contributed by atoms with Gasteiger partial charge in [-0.25, -0.2) is 0 Å². The predicted molar refractivity (Wildman–Crippen MR) is 159 cm³/mol. The summed E-state index contributed by atoms with van der Waals surface area (Å²) in [6.45, 7) is 4.11. The first-order chi connectivity index (χ1) is 19.5. The van der Waals surface area contributed by atoms with Crippen molar-refractivity contribution in [1.29, 1.82) is 0 Å². The summed E-state index contributed by atoms with van der Waals surface area (Å²) >= 11 is 0. The van der Waals surface area contributed by atoms with Crippen LogP contribution in [0.4, 0.5) is 0 Å². The van der Waals surface area contributed by atoms with Crippen molar-refractivity contribution in [2.75, 3.05) is 0 Å². The second kappa shape index (κ2) is 10.5. The Morgan fingerprint density at radius 1 is 0.425 bits per heavy atom. The maximum Gasteiger partial charge on any atom is 0.211 e. The van der Waals surface area contributed by atoms with Crippen molar-refractivity contribution in [2.45, 2.75) is 13.8 Å². The van der Waals surface area contributed by atoms with E-state index in [-0.39, 0.29) is 11.5 Å². The zero-order chi connectivity index (χ0) is 27.6. The molecule has 4 heteroatoms. The van der Waals surface area contributed by atoms with Gasteiger partial charge in [-0.15, -0.1) is 0 Å². The second-order valence-electron chi connectivity index (χ2n) is 10.0. The average Bonchev–Trinajstić information content (AvgIpc) is 2.99. The molecule has 0 fully saturated rings. The lowest BCUT2D eigenvalue weighted by Crippen LogP contribution is -2.29. The minimum atomic E-state index is 0.271. The molecule has 0 amide bonds. The van der Waals surface area contributed by atoms with Crippen LogP contribution in [0.25, 0.3) is 44.8 Å². The van der Waals surface area contributed by atoms with Crippen molar-refractivity contribution >= 4 is 0 Å². The molecule has 2 aromatic heterocycles. The molecule has 0 aliphatic rings. The van der Waals surface area contributed by atoms with Crippen LogP contribution in [0.3, 0.4) is 0 Å². The second-order valence-corrected chi connectivity index (χ2v) is 10.0. The molecule has 2 N–H and O–H groups in total. The van der Waals surface area contributed by atoms with E-state index < -0.39 is 0 Å². The van der Waals surface area contributed by atoms with E-state index in [4.69, 9.17) is 0 Å². The number of aromatic hydroxyl groups is 2. The molecule has 2 heterocycles. The van der Waals surface area contributed by atoms with Crippen LogP contribution in [-0.4, -0.2) is 10.2 Å². The van der Waals surface area contributed by atoms with Crippen LogP contribution in [0.5, 0.6) is 11.5 Å². The van der Waals surface area contributed by atoms with E-state index in [1.54, 1.807) is 12.1 Å². The number of aromatic nitrogens is 2. The van der Waals surface area contributed by atoms with Gasteiger partial charge in [-0.3, -0.25) is 0 Å². The summed E-state index contributed by atoms with van der Waals surface area (Å²) in [5.74, 6) is 0.542. The largest absolute Gasteiger partial charge is 0.507 e. The molecule has 0 unspecified atom stereocenters. The first kappa shape index (κ1) is 25.1. The van der Waals surface area contributed by atoms with E-state index in [0.29, 0.717) is 0 Å². The third kappa shape index (κ3) is 4.83. The molecule has 0 bridgehead atoms. The lowest BCUT2D eigenvalue weighted by Gasteiger charge is -2.09. The van der Waals surface area contributed by atoms with E-state index in [1.165, 1.54) is 0 Å². The number of nitrogens with zero attached hydrogens (tertiary/aromatic N) is 2. The Balaban J connectivity index is 1.26. The van der Waals surface area contributed by atoms with Crippen LogP contribution in [0, 0.1) is 13.8 Å². The first-order valence-corrected chi connectivity index (χ1v) is 13.3.